The van der Waals surface area contributed by atoms with E-state index in [0.29, 0.717) is 5.52 Å². The van der Waals surface area contributed by atoms with Gasteiger partial charge in [-0.15, -0.1) is 11.3 Å². The lowest BCUT2D eigenvalue weighted by atomic mass is 10.2. The number of hydrogen-bond acceptors (Lipinski definition) is 3. The summed E-state index contributed by atoms with van der Waals surface area (Å²) in [5.74, 6) is 0.440. The molecule has 0 spiro atoms. The van der Waals surface area contributed by atoms with E-state index in [0.717, 1.165) is 26.8 Å². The Bertz CT molecular complexity index is 786. The number of aromatic nitrogens is 2. The van der Waals surface area contributed by atoms with Gasteiger partial charge in [0.1, 0.15) is 11.3 Å². The molecule has 104 valence electrons. The van der Waals surface area contributed by atoms with Crippen LogP contribution in [0, 0.1) is 12.7 Å². The monoisotopic (exact) mass is 289 g/mol. The highest BCUT2D eigenvalue weighted by Gasteiger charge is 2.19. The molecule has 0 atom stereocenters. The Balaban J connectivity index is 2.38. The van der Waals surface area contributed by atoms with Gasteiger partial charge in [-0.2, -0.15) is 0 Å². The number of fused-ring (bicyclic) bond motifs is 1. The first-order valence-electron chi connectivity index (χ1n) is 6.51. The quantitative estimate of drug-likeness (QED) is 0.761. The Hall–Kier alpha value is -1.88. The average Bonchev–Trinajstić information content (AvgIpc) is 2.90. The molecule has 0 saturated carbocycles. The van der Waals surface area contributed by atoms with Gasteiger partial charge in [0.15, 0.2) is 5.82 Å². The van der Waals surface area contributed by atoms with E-state index in [1.807, 2.05) is 23.6 Å². The Kier molecular flexibility index (Phi) is 3.01. The summed E-state index contributed by atoms with van der Waals surface area (Å²) in [5, 5.41) is 0.722. The Morgan fingerprint density at radius 1 is 1.35 bits per heavy atom. The van der Waals surface area contributed by atoms with Crippen LogP contribution in [0.15, 0.2) is 24.3 Å². The number of benzene rings is 1. The number of anilines is 1. The summed E-state index contributed by atoms with van der Waals surface area (Å²) in [4.78, 5) is 5.62. The zero-order chi connectivity index (χ0) is 14.4. The van der Waals surface area contributed by atoms with Crippen molar-refractivity contribution < 1.29 is 4.39 Å². The van der Waals surface area contributed by atoms with Crippen molar-refractivity contribution in [3.63, 3.8) is 0 Å². The highest BCUT2D eigenvalue weighted by atomic mass is 32.1. The second kappa shape index (κ2) is 4.59. The molecular formula is C15H16FN3S. The molecule has 0 aliphatic heterocycles. The van der Waals surface area contributed by atoms with Gasteiger partial charge in [-0.3, -0.25) is 0 Å². The van der Waals surface area contributed by atoms with Gasteiger partial charge in [0.05, 0.1) is 16.1 Å². The van der Waals surface area contributed by atoms with Gasteiger partial charge in [0.2, 0.25) is 0 Å². The van der Waals surface area contributed by atoms with Gasteiger partial charge in [0, 0.05) is 10.9 Å². The lowest BCUT2D eigenvalue weighted by Crippen LogP contribution is -2.03. The molecule has 0 amide bonds. The molecule has 2 N–H and O–H groups in total. The number of hydrogen-bond donors (Lipinski definition) is 1. The average molecular weight is 289 g/mol. The number of nitrogens with zero attached hydrogens (tertiary/aromatic N) is 2. The lowest BCUT2D eigenvalue weighted by Gasteiger charge is -2.12. The van der Waals surface area contributed by atoms with E-state index in [1.54, 1.807) is 6.07 Å². The Morgan fingerprint density at radius 2 is 2.10 bits per heavy atom. The van der Waals surface area contributed by atoms with Crippen molar-refractivity contribution in [2.75, 3.05) is 5.73 Å². The molecule has 3 rings (SSSR count). The minimum Gasteiger partial charge on any atom is -0.390 e. The van der Waals surface area contributed by atoms with Crippen LogP contribution in [0.4, 0.5) is 9.39 Å². The smallest absolute Gasteiger partial charge is 0.151 e. The predicted octanol–water partition coefficient (Wildman–Crippen LogP) is 4.38. The van der Waals surface area contributed by atoms with Crippen LogP contribution in [0.25, 0.3) is 22.4 Å². The molecule has 0 saturated heterocycles. The zero-order valence-corrected chi connectivity index (χ0v) is 12.5. The lowest BCUT2D eigenvalue weighted by molar-refractivity contribution is 0.623. The molecule has 2 aromatic heterocycles. The third-order valence-electron chi connectivity index (χ3n) is 3.31. The van der Waals surface area contributed by atoms with Crippen LogP contribution in [-0.2, 0) is 0 Å². The first-order valence-corrected chi connectivity index (χ1v) is 7.33. The number of nitrogen functional groups attached to an aromatic ring is 1. The van der Waals surface area contributed by atoms with Crippen LogP contribution >= 0.6 is 11.3 Å². The standard InChI is InChI=1S/C15H16FN3S/c1-8(2)19-12-6-4-5-11(16)13(12)18-15(19)10-7-9(3)20-14(10)17/h4-8H,17H2,1-3H3. The molecular weight excluding hydrogens is 273 g/mol. The second-order valence-corrected chi connectivity index (χ2v) is 6.43. The highest BCUT2D eigenvalue weighted by molar-refractivity contribution is 7.16. The van der Waals surface area contributed by atoms with E-state index >= 15 is 0 Å². The zero-order valence-electron chi connectivity index (χ0n) is 11.6. The summed E-state index contributed by atoms with van der Waals surface area (Å²) in [6.07, 6.45) is 0. The molecule has 0 aliphatic carbocycles. The molecule has 3 aromatic rings. The normalized spacial score (nSPS) is 11.7. The van der Waals surface area contributed by atoms with E-state index < -0.39 is 0 Å². The molecule has 0 bridgehead atoms. The van der Waals surface area contributed by atoms with Crippen molar-refractivity contribution in [3.8, 4) is 11.4 Å². The van der Waals surface area contributed by atoms with E-state index in [-0.39, 0.29) is 11.9 Å². The fourth-order valence-corrected chi connectivity index (χ4v) is 3.29. The maximum Gasteiger partial charge on any atom is 0.151 e. The van der Waals surface area contributed by atoms with Crippen molar-refractivity contribution >= 4 is 27.4 Å². The van der Waals surface area contributed by atoms with Gasteiger partial charge in [-0.1, -0.05) is 6.07 Å². The third kappa shape index (κ3) is 1.89. The highest BCUT2D eigenvalue weighted by Crippen LogP contribution is 2.36. The minimum absolute atomic E-state index is 0.177. The fraction of sp³-hybridized carbons (Fsp3) is 0.267. The van der Waals surface area contributed by atoms with E-state index in [1.165, 1.54) is 17.4 Å². The summed E-state index contributed by atoms with van der Waals surface area (Å²) in [6.45, 7) is 6.13. The van der Waals surface area contributed by atoms with Crippen molar-refractivity contribution in [3.05, 3.63) is 35.0 Å². The number of aryl methyl sites for hydroxylation is 1. The molecule has 3 nitrogen and oxygen atoms in total. The number of thiophene rings is 1. The van der Waals surface area contributed by atoms with E-state index in [4.69, 9.17) is 5.73 Å². The third-order valence-corrected chi connectivity index (χ3v) is 4.19. The Morgan fingerprint density at radius 3 is 2.70 bits per heavy atom. The van der Waals surface area contributed by atoms with Crippen LogP contribution in [0.3, 0.4) is 0 Å². The molecule has 0 aliphatic rings. The Labute approximate surface area is 120 Å². The first kappa shape index (κ1) is 13.1. The van der Waals surface area contributed by atoms with Gasteiger partial charge >= 0.3 is 0 Å². The van der Waals surface area contributed by atoms with Gasteiger partial charge in [-0.25, -0.2) is 9.37 Å². The summed E-state index contributed by atoms with van der Waals surface area (Å²) in [5.41, 5.74) is 8.17. The van der Waals surface area contributed by atoms with Crippen molar-refractivity contribution in [1.82, 2.24) is 9.55 Å². The van der Waals surface area contributed by atoms with Gasteiger partial charge in [0.25, 0.3) is 0 Å². The molecule has 5 heteroatoms. The van der Waals surface area contributed by atoms with E-state index in [2.05, 4.69) is 18.8 Å². The largest absolute Gasteiger partial charge is 0.390 e. The molecule has 0 unspecified atom stereocenters. The van der Waals surface area contributed by atoms with Crippen molar-refractivity contribution in [2.24, 2.45) is 0 Å². The number of imidazole rings is 1. The maximum atomic E-state index is 14.0. The summed E-state index contributed by atoms with van der Waals surface area (Å²) < 4.78 is 16.0. The SMILES string of the molecule is Cc1cc(-c2nc3c(F)cccc3n2C(C)C)c(N)s1. The molecule has 20 heavy (non-hydrogen) atoms. The predicted molar refractivity (Wildman–Crippen MR) is 82.5 cm³/mol. The second-order valence-electron chi connectivity index (χ2n) is 5.14. The maximum absolute atomic E-state index is 14.0. The summed E-state index contributed by atoms with van der Waals surface area (Å²) >= 11 is 1.53. The first-order chi connectivity index (χ1) is 9.49. The molecule has 0 radical (unpaired) electrons. The van der Waals surface area contributed by atoms with Crippen molar-refractivity contribution in [1.29, 1.82) is 0 Å². The topological polar surface area (TPSA) is 43.8 Å². The number of nitrogens with two attached hydrogens (primary N) is 1. The summed E-state index contributed by atoms with van der Waals surface area (Å²) in [6, 6.07) is 7.23. The van der Waals surface area contributed by atoms with Crippen LogP contribution < -0.4 is 5.73 Å². The number of rotatable bonds is 2. The molecule has 1 aromatic carbocycles. The van der Waals surface area contributed by atoms with Crippen LogP contribution in [-0.4, -0.2) is 9.55 Å². The van der Waals surface area contributed by atoms with Crippen molar-refractivity contribution in [2.45, 2.75) is 26.8 Å². The summed E-state index contributed by atoms with van der Waals surface area (Å²) in [7, 11) is 0. The fourth-order valence-electron chi connectivity index (χ4n) is 2.50. The van der Waals surface area contributed by atoms with Crippen LogP contribution in [0.2, 0.25) is 0 Å². The van der Waals surface area contributed by atoms with Crippen LogP contribution in [0.5, 0.6) is 0 Å². The van der Waals surface area contributed by atoms with E-state index in [9.17, 15) is 4.39 Å². The molecule has 0 fully saturated rings. The van der Waals surface area contributed by atoms with Gasteiger partial charge in [-0.05, 0) is 39.0 Å². The van der Waals surface area contributed by atoms with Gasteiger partial charge < -0.3 is 10.3 Å². The van der Waals surface area contributed by atoms with Crippen LogP contribution in [0.1, 0.15) is 24.8 Å². The molecule has 2 heterocycles. The number of halogens is 1. The number of para-hydroxylation sites is 1. The minimum atomic E-state index is -0.298.